The van der Waals surface area contributed by atoms with Crippen LogP contribution in [0.5, 0.6) is 11.5 Å². The van der Waals surface area contributed by atoms with Crippen molar-refractivity contribution in [1.29, 1.82) is 0 Å². The molecule has 0 saturated carbocycles. The molecule has 0 spiro atoms. The van der Waals surface area contributed by atoms with Crippen molar-refractivity contribution in [2.24, 2.45) is 0 Å². The second kappa shape index (κ2) is 11.4. The fourth-order valence-electron chi connectivity index (χ4n) is 3.72. The number of fused-ring (bicyclic) bond motifs is 1. The third-order valence-electron chi connectivity index (χ3n) is 5.78. The molecule has 2 N–H and O–H groups in total. The van der Waals surface area contributed by atoms with Crippen molar-refractivity contribution >= 4 is 23.6 Å². The number of benzene rings is 1. The van der Waals surface area contributed by atoms with Crippen LogP contribution in [-0.2, 0) is 4.79 Å². The topological polar surface area (TPSA) is 66.8 Å². The van der Waals surface area contributed by atoms with Gasteiger partial charge in [0, 0.05) is 11.1 Å². The minimum atomic E-state index is -0.879. The third-order valence-corrected chi connectivity index (χ3v) is 6.37. The zero-order chi connectivity index (χ0) is 23.9. The predicted octanol–water partition coefficient (Wildman–Crippen LogP) is 7.35. The van der Waals surface area contributed by atoms with E-state index in [4.69, 9.17) is 16.3 Å². The van der Waals surface area contributed by atoms with E-state index in [0.29, 0.717) is 24.8 Å². The number of aliphatic carboxylic acids is 1. The molecule has 1 aliphatic rings. The number of rotatable bonds is 11. The lowest BCUT2D eigenvalue weighted by Gasteiger charge is -2.32. The fourth-order valence-corrected chi connectivity index (χ4v) is 3.83. The van der Waals surface area contributed by atoms with Crippen LogP contribution in [0.25, 0.3) is 6.08 Å². The first-order chi connectivity index (χ1) is 15.0. The Kier molecular flexibility index (Phi) is 9.21. The fraction of sp³-hybridized carbons (Fsp3) is 0.444. The van der Waals surface area contributed by atoms with Crippen LogP contribution >= 0.6 is 11.6 Å². The molecule has 0 aliphatic carbocycles. The van der Waals surface area contributed by atoms with Gasteiger partial charge in [-0.15, -0.1) is 11.6 Å². The molecule has 0 amide bonds. The number of allylic oxidation sites excluding steroid dienone is 4. The van der Waals surface area contributed by atoms with Gasteiger partial charge in [0.25, 0.3) is 0 Å². The van der Waals surface area contributed by atoms with Crippen LogP contribution in [0.15, 0.2) is 53.7 Å². The van der Waals surface area contributed by atoms with Crippen LogP contribution in [0.3, 0.4) is 0 Å². The minimum absolute atomic E-state index is 0.196. The SMILES string of the molecule is C=C(C)[C@H](Cl)CC/C(=C/CC/C(C)=C/CC[C@]1(C)C=Cc2cc(O)cc(C)c2O1)C(=O)O. The summed E-state index contributed by atoms with van der Waals surface area (Å²) >= 11 is 6.17. The first kappa shape index (κ1) is 25.8. The van der Waals surface area contributed by atoms with Crippen molar-refractivity contribution < 1.29 is 19.7 Å². The first-order valence-corrected chi connectivity index (χ1v) is 11.5. The van der Waals surface area contributed by atoms with E-state index >= 15 is 0 Å². The molecular formula is C27H35ClO4. The number of halogens is 1. The summed E-state index contributed by atoms with van der Waals surface area (Å²) in [6, 6.07) is 3.43. The molecular weight excluding hydrogens is 424 g/mol. The summed E-state index contributed by atoms with van der Waals surface area (Å²) in [6.45, 7) is 11.8. The van der Waals surface area contributed by atoms with Gasteiger partial charge in [-0.25, -0.2) is 4.79 Å². The molecule has 0 radical (unpaired) electrons. The number of alkyl halides is 1. The Balaban J connectivity index is 1.87. The summed E-state index contributed by atoms with van der Waals surface area (Å²) in [5, 5.41) is 19.0. The molecule has 1 aliphatic heterocycles. The molecule has 1 aromatic rings. The van der Waals surface area contributed by atoms with Gasteiger partial charge in [-0.2, -0.15) is 0 Å². The van der Waals surface area contributed by atoms with Gasteiger partial charge in [0.1, 0.15) is 17.1 Å². The maximum absolute atomic E-state index is 11.5. The monoisotopic (exact) mass is 458 g/mol. The average molecular weight is 459 g/mol. The Morgan fingerprint density at radius 3 is 2.62 bits per heavy atom. The molecule has 0 bridgehead atoms. The molecule has 1 heterocycles. The van der Waals surface area contributed by atoms with E-state index in [1.807, 2.05) is 32.1 Å². The van der Waals surface area contributed by atoms with Gasteiger partial charge in [-0.05, 0) is 90.0 Å². The smallest absolute Gasteiger partial charge is 0.331 e. The minimum Gasteiger partial charge on any atom is -0.508 e. The molecule has 1 aromatic carbocycles. The van der Waals surface area contributed by atoms with Crippen molar-refractivity contribution in [3.05, 3.63) is 64.8 Å². The highest BCUT2D eigenvalue weighted by molar-refractivity contribution is 6.22. The summed E-state index contributed by atoms with van der Waals surface area (Å²) in [7, 11) is 0. The number of hydrogen-bond acceptors (Lipinski definition) is 3. The zero-order valence-electron chi connectivity index (χ0n) is 19.6. The number of ether oxygens (including phenoxy) is 1. The van der Waals surface area contributed by atoms with E-state index in [1.54, 1.807) is 12.1 Å². The van der Waals surface area contributed by atoms with Crippen molar-refractivity contribution in [1.82, 2.24) is 0 Å². The average Bonchev–Trinajstić information content (AvgIpc) is 2.70. The Bertz CT molecular complexity index is 941. The molecule has 0 aromatic heterocycles. The quantitative estimate of drug-likeness (QED) is 0.206. The molecule has 2 atom stereocenters. The summed E-state index contributed by atoms with van der Waals surface area (Å²) < 4.78 is 6.27. The number of phenolic OH excluding ortho intramolecular Hbond substituents is 1. The molecule has 4 nitrogen and oxygen atoms in total. The number of phenols is 1. The molecule has 32 heavy (non-hydrogen) atoms. The number of carboxylic acid groups (broad SMARTS) is 1. The summed E-state index contributed by atoms with van der Waals surface area (Å²) in [6.07, 6.45) is 12.3. The van der Waals surface area contributed by atoms with E-state index in [0.717, 1.165) is 41.7 Å². The van der Waals surface area contributed by atoms with Gasteiger partial charge < -0.3 is 14.9 Å². The van der Waals surface area contributed by atoms with Gasteiger partial charge in [0.05, 0.1) is 5.38 Å². The van der Waals surface area contributed by atoms with Gasteiger partial charge in [0.15, 0.2) is 0 Å². The molecule has 0 fully saturated rings. The molecule has 174 valence electrons. The van der Waals surface area contributed by atoms with E-state index < -0.39 is 11.6 Å². The Morgan fingerprint density at radius 2 is 1.97 bits per heavy atom. The van der Waals surface area contributed by atoms with E-state index in [2.05, 4.69) is 26.5 Å². The highest BCUT2D eigenvalue weighted by Crippen LogP contribution is 2.38. The van der Waals surface area contributed by atoms with Crippen LogP contribution in [0.2, 0.25) is 0 Å². The summed E-state index contributed by atoms with van der Waals surface area (Å²) in [5.74, 6) is 0.191. The second-order valence-corrected chi connectivity index (χ2v) is 9.47. The highest BCUT2D eigenvalue weighted by atomic mass is 35.5. The maximum atomic E-state index is 11.5. The summed E-state index contributed by atoms with van der Waals surface area (Å²) in [5.41, 5.74) is 3.93. The van der Waals surface area contributed by atoms with Crippen LogP contribution in [0, 0.1) is 6.92 Å². The molecule has 5 heteroatoms. The zero-order valence-corrected chi connectivity index (χ0v) is 20.3. The van der Waals surface area contributed by atoms with Crippen molar-refractivity contribution in [2.75, 3.05) is 0 Å². The van der Waals surface area contributed by atoms with Crippen molar-refractivity contribution in [3.63, 3.8) is 0 Å². The van der Waals surface area contributed by atoms with E-state index in [1.165, 1.54) is 5.57 Å². The van der Waals surface area contributed by atoms with Crippen LogP contribution in [0.1, 0.15) is 70.4 Å². The predicted molar refractivity (Wildman–Crippen MR) is 133 cm³/mol. The second-order valence-electron chi connectivity index (χ2n) is 8.94. The molecule has 0 saturated heterocycles. The normalized spacial score (nSPS) is 19.3. The Labute approximate surface area is 196 Å². The summed E-state index contributed by atoms with van der Waals surface area (Å²) in [4.78, 5) is 11.5. The lowest BCUT2D eigenvalue weighted by atomic mass is 9.93. The standard InChI is InChI=1S/C27H35ClO4/c1-18(2)24(28)12-11-21(26(30)31)10-6-8-19(3)9-7-14-27(5)15-13-22-17-23(29)16-20(4)25(22)32-27/h9-10,13,15-17,24,29H,1,6-8,11-12,14H2,2-5H3,(H,30,31)/b19-9+,21-10-/t24-,27-/m1/s1. The van der Waals surface area contributed by atoms with Gasteiger partial charge in [0.2, 0.25) is 0 Å². The van der Waals surface area contributed by atoms with Gasteiger partial charge in [-0.3, -0.25) is 0 Å². The van der Waals surface area contributed by atoms with Crippen LogP contribution in [-0.4, -0.2) is 27.2 Å². The van der Waals surface area contributed by atoms with Gasteiger partial charge >= 0.3 is 5.97 Å². The number of aromatic hydroxyl groups is 1. The lowest BCUT2D eigenvalue weighted by molar-refractivity contribution is -0.132. The highest BCUT2D eigenvalue weighted by Gasteiger charge is 2.27. The number of carbonyl (C=O) groups is 1. The van der Waals surface area contributed by atoms with Crippen LogP contribution < -0.4 is 4.74 Å². The number of hydrogen-bond donors (Lipinski definition) is 2. The molecule has 0 unspecified atom stereocenters. The largest absolute Gasteiger partial charge is 0.508 e. The molecule has 2 rings (SSSR count). The van der Waals surface area contributed by atoms with Gasteiger partial charge in [-0.1, -0.05) is 36.0 Å². The van der Waals surface area contributed by atoms with E-state index in [-0.39, 0.29) is 11.1 Å². The maximum Gasteiger partial charge on any atom is 0.331 e. The number of aryl methyl sites for hydroxylation is 1. The van der Waals surface area contributed by atoms with E-state index in [9.17, 15) is 15.0 Å². The van der Waals surface area contributed by atoms with Crippen LogP contribution in [0.4, 0.5) is 0 Å². The van der Waals surface area contributed by atoms with Crippen molar-refractivity contribution in [2.45, 2.75) is 77.2 Å². The third kappa shape index (κ3) is 7.59. The first-order valence-electron chi connectivity index (χ1n) is 11.1. The van der Waals surface area contributed by atoms with Crippen molar-refractivity contribution in [3.8, 4) is 11.5 Å². The number of carboxylic acids is 1. The Hall–Kier alpha value is -2.46. The lowest BCUT2D eigenvalue weighted by Crippen LogP contribution is -2.32. The Morgan fingerprint density at radius 1 is 1.25 bits per heavy atom.